The molecule has 0 aromatic heterocycles. The van der Waals surface area contributed by atoms with Crippen LogP contribution in [0.4, 0.5) is 0 Å². The number of carbonyl (C=O) groups is 4. The van der Waals surface area contributed by atoms with Crippen molar-refractivity contribution in [1.82, 2.24) is 0 Å². The van der Waals surface area contributed by atoms with Crippen LogP contribution in [0.15, 0.2) is 35.8 Å². The first-order valence-corrected chi connectivity index (χ1v) is 20.0. The molecule has 0 spiro atoms. The molecule has 0 saturated carbocycles. The average molecular weight is 1210 g/mol. The van der Waals surface area contributed by atoms with Gasteiger partial charge in [-0.1, -0.05) is 0 Å². The van der Waals surface area contributed by atoms with Crippen LogP contribution in [-0.4, -0.2) is 113 Å². The van der Waals surface area contributed by atoms with Crippen LogP contribution in [0.5, 0.6) is 0 Å². The van der Waals surface area contributed by atoms with E-state index < -0.39 is 23.9 Å². The monoisotopic (exact) mass is 1200 g/mol. The standard InChI is InChI=1S/C28H26Br8O13/c29-17-13(25(39)46-9-5-43-3-1-37)15(19(31)23(35)21(17)33)27(41)48-11-7-45-8-12-49-28(42)16-14(18(30)22(34)24(36)20(16)32)26(40)47-10-6-44-4-2-38/h37-38H,1-12H2. The molecule has 0 fully saturated rings. The summed E-state index contributed by atoms with van der Waals surface area (Å²) in [4.78, 5) is 52.0. The summed E-state index contributed by atoms with van der Waals surface area (Å²) in [6, 6.07) is 0. The van der Waals surface area contributed by atoms with Gasteiger partial charge in [0.15, 0.2) is 0 Å². The van der Waals surface area contributed by atoms with Gasteiger partial charge in [0.1, 0.15) is 26.4 Å². The zero-order chi connectivity index (χ0) is 36.7. The van der Waals surface area contributed by atoms with E-state index in [0.717, 1.165) is 0 Å². The number of rotatable bonds is 20. The summed E-state index contributed by atoms with van der Waals surface area (Å²) >= 11 is 26.7. The van der Waals surface area contributed by atoms with Crippen molar-refractivity contribution in [2.24, 2.45) is 0 Å². The maximum Gasteiger partial charge on any atom is 0.340 e. The van der Waals surface area contributed by atoms with E-state index >= 15 is 0 Å². The average Bonchev–Trinajstić information content (AvgIpc) is 3.08. The molecule has 21 heteroatoms. The first-order valence-electron chi connectivity index (χ1n) is 13.7. The molecule has 0 aliphatic carbocycles. The van der Waals surface area contributed by atoms with E-state index in [4.69, 9.17) is 43.4 Å². The quantitative estimate of drug-likeness (QED) is 0.0451. The number of esters is 4. The minimum atomic E-state index is -0.852. The van der Waals surface area contributed by atoms with Gasteiger partial charge in [0.25, 0.3) is 0 Å². The van der Waals surface area contributed by atoms with Crippen molar-refractivity contribution >= 4 is 151 Å². The number of aliphatic hydroxyl groups excluding tert-OH is 2. The lowest BCUT2D eigenvalue weighted by Crippen LogP contribution is -2.20. The lowest BCUT2D eigenvalue weighted by Gasteiger charge is -2.16. The van der Waals surface area contributed by atoms with E-state index in [1.807, 2.05) is 0 Å². The molecule has 0 heterocycles. The molecule has 0 atom stereocenters. The van der Waals surface area contributed by atoms with Crippen LogP contribution >= 0.6 is 127 Å². The molecule has 0 saturated heterocycles. The molecule has 0 aliphatic rings. The Hall–Kier alpha value is -0.0400. The molecule has 13 nitrogen and oxygen atoms in total. The molecule has 2 N–H and O–H groups in total. The van der Waals surface area contributed by atoms with E-state index in [9.17, 15) is 19.2 Å². The van der Waals surface area contributed by atoms with Crippen molar-refractivity contribution in [3.8, 4) is 0 Å². The fourth-order valence-electron chi connectivity index (χ4n) is 3.53. The summed E-state index contributed by atoms with van der Waals surface area (Å²) < 4.78 is 39.5. The summed E-state index contributed by atoms with van der Waals surface area (Å²) in [5, 5.41) is 17.6. The Morgan fingerprint density at radius 3 is 0.755 bits per heavy atom. The van der Waals surface area contributed by atoms with E-state index in [2.05, 4.69) is 127 Å². The largest absolute Gasteiger partial charge is 0.460 e. The van der Waals surface area contributed by atoms with Gasteiger partial charge in [-0.3, -0.25) is 0 Å². The summed E-state index contributed by atoms with van der Waals surface area (Å²) in [7, 11) is 0. The predicted octanol–water partition coefficient (Wildman–Crippen LogP) is 7.15. The summed E-state index contributed by atoms with van der Waals surface area (Å²) in [5.74, 6) is -3.35. The lowest BCUT2D eigenvalue weighted by atomic mass is 10.1. The highest BCUT2D eigenvalue weighted by Gasteiger charge is 2.31. The normalized spacial score (nSPS) is 11.0. The van der Waals surface area contributed by atoms with Gasteiger partial charge < -0.3 is 43.4 Å². The zero-order valence-corrected chi connectivity index (χ0v) is 37.6. The predicted molar refractivity (Wildman–Crippen MR) is 202 cm³/mol. The van der Waals surface area contributed by atoms with Crippen LogP contribution in [0.2, 0.25) is 0 Å². The SMILES string of the molecule is O=C(OCCOCCO)c1c(Br)c(Br)c(Br)c(Br)c1C(=O)OCCOCCOC(=O)c1c(Br)c(Br)c(Br)c(Br)c1C(=O)OCCOCCO. The highest BCUT2D eigenvalue weighted by molar-refractivity contribution is 9.15. The van der Waals surface area contributed by atoms with Gasteiger partial charge in [0.2, 0.25) is 0 Å². The van der Waals surface area contributed by atoms with Crippen molar-refractivity contribution in [3.05, 3.63) is 58.0 Å². The molecule has 272 valence electrons. The number of ether oxygens (including phenoxy) is 7. The smallest absolute Gasteiger partial charge is 0.340 e. The van der Waals surface area contributed by atoms with Gasteiger partial charge >= 0.3 is 23.9 Å². The number of aliphatic hydroxyl groups is 2. The summed E-state index contributed by atoms with van der Waals surface area (Å²) in [6.07, 6.45) is 0. The third-order valence-electron chi connectivity index (χ3n) is 5.67. The second-order valence-corrected chi connectivity index (χ2v) is 15.2. The van der Waals surface area contributed by atoms with Crippen molar-refractivity contribution < 1.29 is 62.5 Å². The Bertz CT molecular complexity index is 1400. The first-order chi connectivity index (χ1) is 23.3. The van der Waals surface area contributed by atoms with Gasteiger partial charge in [-0.05, 0) is 127 Å². The molecule has 0 amide bonds. The topological polar surface area (TPSA) is 173 Å². The number of benzene rings is 2. The maximum absolute atomic E-state index is 13.1. The van der Waals surface area contributed by atoms with Gasteiger partial charge in [0.05, 0.1) is 75.1 Å². The second kappa shape index (κ2) is 23.6. The highest BCUT2D eigenvalue weighted by Crippen LogP contribution is 2.44. The Morgan fingerprint density at radius 1 is 0.347 bits per heavy atom. The summed E-state index contributed by atoms with van der Waals surface area (Å²) in [6.45, 7) is -0.960. The highest BCUT2D eigenvalue weighted by atomic mass is 79.9. The third-order valence-corrected chi connectivity index (χ3v) is 15.2. The molecule has 0 radical (unpaired) electrons. The second-order valence-electron chi connectivity index (χ2n) is 8.84. The van der Waals surface area contributed by atoms with E-state index in [1.165, 1.54) is 0 Å². The minimum Gasteiger partial charge on any atom is -0.460 e. The van der Waals surface area contributed by atoms with Crippen molar-refractivity contribution in [3.63, 3.8) is 0 Å². The van der Waals surface area contributed by atoms with Crippen molar-refractivity contribution in [2.45, 2.75) is 0 Å². The number of carbonyl (C=O) groups excluding carboxylic acids is 4. The van der Waals surface area contributed by atoms with Gasteiger partial charge in [-0.15, -0.1) is 0 Å². The van der Waals surface area contributed by atoms with Gasteiger partial charge in [0, 0.05) is 35.8 Å². The Balaban J connectivity index is 1.99. The Kier molecular flexibility index (Phi) is 21.7. The molecule has 0 unspecified atom stereocenters. The molecular weight excluding hydrogens is 1180 g/mol. The maximum atomic E-state index is 13.1. The number of halogens is 8. The van der Waals surface area contributed by atoms with Crippen LogP contribution in [-0.2, 0) is 33.2 Å². The lowest BCUT2D eigenvalue weighted by molar-refractivity contribution is 0.0137. The molecule has 2 rings (SSSR count). The van der Waals surface area contributed by atoms with Crippen molar-refractivity contribution in [2.75, 3.05) is 79.3 Å². The third kappa shape index (κ3) is 13.1. The molecule has 2 aromatic carbocycles. The molecule has 2 aromatic rings. The van der Waals surface area contributed by atoms with Crippen LogP contribution in [0.25, 0.3) is 0 Å². The van der Waals surface area contributed by atoms with Crippen LogP contribution < -0.4 is 0 Å². The summed E-state index contributed by atoms with van der Waals surface area (Å²) in [5.41, 5.74) is -0.418. The van der Waals surface area contributed by atoms with Crippen LogP contribution in [0, 0.1) is 0 Å². The first kappa shape index (κ1) is 45.1. The number of hydrogen-bond donors (Lipinski definition) is 2. The number of hydrogen-bond acceptors (Lipinski definition) is 13. The van der Waals surface area contributed by atoms with Crippen LogP contribution in [0.1, 0.15) is 41.4 Å². The van der Waals surface area contributed by atoms with E-state index in [-0.39, 0.29) is 119 Å². The minimum absolute atomic E-state index is 0.0427. The Labute approximate surface area is 347 Å². The molecule has 49 heavy (non-hydrogen) atoms. The zero-order valence-electron chi connectivity index (χ0n) is 24.9. The van der Waals surface area contributed by atoms with Gasteiger partial charge in [-0.25, -0.2) is 19.2 Å². The molecule has 0 aliphatic heterocycles. The Morgan fingerprint density at radius 2 is 0.551 bits per heavy atom. The molecular formula is C28H26Br8O13. The van der Waals surface area contributed by atoms with Crippen molar-refractivity contribution in [1.29, 1.82) is 0 Å². The van der Waals surface area contributed by atoms with E-state index in [0.29, 0.717) is 17.9 Å². The fourth-order valence-corrected chi connectivity index (χ4v) is 8.41. The fraction of sp³-hybridized carbons (Fsp3) is 0.429. The van der Waals surface area contributed by atoms with Crippen LogP contribution in [0.3, 0.4) is 0 Å². The van der Waals surface area contributed by atoms with Gasteiger partial charge in [-0.2, -0.15) is 0 Å². The van der Waals surface area contributed by atoms with E-state index in [1.54, 1.807) is 0 Å². The molecule has 0 bridgehead atoms.